The van der Waals surface area contributed by atoms with Gasteiger partial charge in [-0.25, -0.2) is 21.8 Å². The number of aromatic nitrogens is 2. The van der Waals surface area contributed by atoms with Gasteiger partial charge in [0.2, 0.25) is 20.0 Å². The highest BCUT2D eigenvalue weighted by Gasteiger charge is 2.15. The van der Waals surface area contributed by atoms with Crippen LogP contribution in [0.5, 0.6) is 0 Å². The van der Waals surface area contributed by atoms with E-state index < -0.39 is 20.0 Å². The number of alkyl halides is 1. The minimum absolute atomic E-state index is 0. The van der Waals surface area contributed by atoms with Crippen LogP contribution in [0.25, 0.3) is 0 Å². The van der Waals surface area contributed by atoms with Crippen molar-refractivity contribution in [2.75, 3.05) is 47.6 Å². The number of anilines is 2. The van der Waals surface area contributed by atoms with Crippen LogP contribution in [0.3, 0.4) is 0 Å². The number of benzene rings is 2. The zero-order valence-corrected chi connectivity index (χ0v) is 28.1. The van der Waals surface area contributed by atoms with Crippen molar-refractivity contribution in [3.05, 3.63) is 90.8 Å². The van der Waals surface area contributed by atoms with Gasteiger partial charge in [-0.15, -0.1) is 24.0 Å². The maximum atomic E-state index is 12.2. The molecule has 0 aliphatic carbocycles. The highest BCUT2D eigenvalue weighted by molar-refractivity contribution is 7.92. The summed E-state index contributed by atoms with van der Waals surface area (Å²) in [7, 11) is -6.57. The Labute approximate surface area is 270 Å². The van der Waals surface area contributed by atoms with Crippen molar-refractivity contribution in [2.45, 2.75) is 20.4 Å². The first kappa shape index (κ1) is 38.4. The summed E-state index contributed by atoms with van der Waals surface area (Å²) in [5.74, 6) is -0.273. The molecule has 16 heteroatoms. The second kappa shape index (κ2) is 18.3. The van der Waals surface area contributed by atoms with E-state index in [-0.39, 0.29) is 29.9 Å². The first-order valence-corrected chi connectivity index (χ1v) is 17.4. The van der Waals surface area contributed by atoms with Gasteiger partial charge in [0.15, 0.2) is 11.6 Å². The standard InChI is InChI=1S/C14H19N3O3S.C9H10ClNO3S.C5H8N2.ClH/c1-3-16-8-9-17(11-16)10-14(18)12-4-6-13(7-5-12)15-21(2,19)20;1-15(13,14)11-8-4-2-7(3-5-8)9(12)6-10;1-2-7-4-3-6-5-7;/h4-9,15H,3,10-11H2,1-2H3;2-5,11H,6H2,1H3;3-5H,2H2,1H3;1H. The molecule has 0 fully saturated rings. The van der Waals surface area contributed by atoms with Crippen molar-refractivity contribution in [1.82, 2.24) is 19.4 Å². The first-order chi connectivity index (χ1) is 20.2. The summed E-state index contributed by atoms with van der Waals surface area (Å²) < 4.78 is 50.7. The van der Waals surface area contributed by atoms with Crippen LogP contribution in [0.2, 0.25) is 0 Å². The molecule has 1 aliphatic rings. The minimum atomic E-state index is -3.30. The summed E-state index contributed by atoms with van der Waals surface area (Å²) in [6.45, 7) is 7.10. The molecule has 12 nitrogen and oxygen atoms in total. The molecule has 2 aromatic carbocycles. The number of ketones is 2. The molecule has 0 bridgehead atoms. The Morgan fingerprint density at radius 1 is 0.795 bits per heavy atom. The van der Waals surface area contributed by atoms with Crippen LogP contribution >= 0.6 is 24.0 Å². The van der Waals surface area contributed by atoms with Crippen molar-refractivity contribution in [2.24, 2.45) is 0 Å². The zero-order chi connectivity index (χ0) is 32.0. The quantitative estimate of drug-likeness (QED) is 0.224. The number of rotatable bonds is 11. The number of carbonyl (C=O) groups is 2. The van der Waals surface area contributed by atoms with E-state index >= 15 is 0 Å². The van der Waals surface area contributed by atoms with Gasteiger partial charge in [0.05, 0.1) is 37.9 Å². The molecular formula is C28H38Cl2N6O6S2. The summed E-state index contributed by atoms with van der Waals surface area (Å²) >= 11 is 5.37. The summed E-state index contributed by atoms with van der Waals surface area (Å²) in [6, 6.07) is 12.5. The van der Waals surface area contributed by atoms with Crippen LogP contribution in [-0.4, -0.2) is 85.9 Å². The lowest BCUT2D eigenvalue weighted by atomic mass is 10.1. The molecule has 242 valence electrons. The number of aryl methyl sites for hydroxylation is 1. The Hall–Kier alpha value is -3.59. The second-order valence-electron chi connectivity index (χ2n) is 9.37. The van der Waals surface area contributed by atoms with E-state index in [1.807, 2.05) is 28.1 Å². The van der Waals surface area contributed by atoms with Crippen LogP contribution < -0.4 is 9.44 Å². The fourth-order valence-electron chi connectivity index (χ4n) is 3.53. The molecule has 1 aromatic heterocycles. The molecule has 0 saturated carbocycles. The van der Waals surface area contributed by atoms with E-state index in [9.17, 15) is 26.4 Å². The van der Waals surface area contributed by atoms with Gasteiger partial charge in [-0.05, 0) is 62.4 Å². The van der Waals surface area contributed by atoms with Crippen molar-refractivity contribution < 1.29 is 26.4 Å². The van der Waals surface area contributed by atoms with E-state index in [2.05, 4.69) is 33.2 Å². The lowest BCUT2D eigenvalue weighted by molar-refractivity contribution is 0.0945. The van der Waals surface area contributed by atoms with E-state index in [0.29, 0.717) is 29.0 Å². The second-order valence-corrected chi connectivity index (χ2v) is 13.1. The number of imidazole rings is 1. The number of halogens is 2. The highest BCUT2D eigenvalue weighted by Crippen LogP contribution is 2.14. The van der Waals surface area contributed by atoms with Crippen LogP contribution in [-0.2, 0) is 26.6 Å². The van der Waals surface area contributed by atoms with Gasteiger partial charge in [-0.1, -0.05) is 0 Å². The predicted octanol–water partition coefficient (Wildman–Crippen LogP) is 4.11. The van der Waals surface area contributed by atoms with Crippen molar-refractivity contribution in [1.29, 1.82) is 0 Å². The molecule has 44 heavy (non-hydrogen) atoms. The van der Waals surface area contributed by atoms with Crippen LogP contribution in [0.4, 0.5) is 11.4 Å². The first-order valence-electron chi connectivity index (χ1n) is 13.1. The zero-order valence-electron chi connectivity index (χ0n) is 24.9. The Kier molecular flexibility index (Phi) is 16.0. The Morgan fingerprint density at radius 3 is 1.61 bits per heavy atom. The fourth-order valence-corrected chi connectivity index (χ4v) is 4.81. The lowest BCUT2D eigenvalue weighted by Gasteiger charge is -2.19. The maximum absolute atomic E-state index is 12.2. The number of nitrogens with one attached hydrogen (secondary N) is 2. The normalized spacial score (nSPS) is 12.2. The van der Waals surface area contributed by atoms with Crippen molar-refractivity contribution in [3.63, 3.8) is 0 Å². The van der Waals surface area contributed by atoms with E-state index in [0.717, 1.165) is 32.3 Å². The smallest absolute Gasteiger partial charge is 0.229 e. The van der Waals surface area contributed by atoms with Gasteiger partial charge in [-0.3, -0.25) is 19.0 Å². The average Bonchev–Trinajstić information content (AvgIpc) is 3.65. The summed E-state index contributed by atoms with van der Waals surface area (Å²) in [5, 5.41) is 0. The molecule has 0 amide bonds. The molecule has 4 rings (SSSR count). The number of carbonyl (C=O) groups excluding carboxylic acids is 2. The van der Waals surface area contributed by atoms with E-state index in [1.54, 1.807) is 36.8 Å². The molecule has 0 unspecified atom stereocenters. The van der Waals surface area contributed by atoms with Gasteiger partial charge < -0.3 is 14.4 Å². The molecule has 0 radical (unpaired) electrons. The van der Waals surface area contributed by atoms with Crippen LogP contribution in [0, 0.1) is 0 Å². The Balaban J connectivity index is 0.000000366. The summed E-state index contributed by atoms with van der Waals surface area (Å²) in [6.07, 6.45) is 11.5. The molecule has 0 saturated heterocycles. The van der Waals surface area contributed by atoms with E-state index in [1.165, 1.54) is 24.3 Å². The maximum Gasteiger partial charge on any atom is 0.229 e. The molecule has 2 N–H and O–H groups in total. The largest absolute Gasteiger partial charge is 0.359 e. The fraction of sp³-hybridized carbons (Fsp3) is 0.321. The monoisotopic (exact) mass is 688 g/mol. The molecule has 3 aromatic rings. The lowest BCUT2D eigenvalue weighted by Crippen LogP contribution is -2.29. The SMILES string of the molecule is CCN1C=CN(CC(=O)c2ccc(NS(C)(=O)=O)cc2)C1.CCn1ccnc1.CS(=O)(=O)Nc1ccc(C(=O)CCl)cc1.Cl. The van der Waals surface area contributed by atoms with Crippen molar-refractivity contribution in [3.8, 4) is 0 Å². The Morgan fingerprint density at radius 2 is 1.27 bits per heavy atom. The van der Waals surface area contributed by atoms with Gasteiger partial charge >= 0.3 is 0 Å². The molecule has 1 aliphatic heterocycles. The predicted molar refractivity (Wildman–Crippen MR) is 177 cm³/mol. The average molecular weight is 690 g/mol. The number of nitrogens with zero attached hydrogens (tertiary/aromatic N) is 4. The molecule has 0 atom stereocenters. The number of hydrogen-bond acceptors (Lipinski definition) is 9. The van der Waals surface area contributed by atoms with Gasteiger partial charge in [0.1, 0.15) is 0 Å². The number of sulfonamides is 2. The minimum Gasteiger partial charge on any atom is -0.359 e. The Bertz CT molecular complexity index is 1570. The van der Waals surface area contributed by atoms with Gasteiger partial charge in [0.25, 0.3) is 0 Å². The van der Waals surface area contributed by atoms with Crippen LogP contribution in [0.15, 0.2) is 79.7 Å². The summed E-state index contributed by atoms with van der Waals surface area (Å²) in [5.41, 5.74) is 1.90. The third kappa shape index (κ3) is 14.7. The summed E-state index contributed by atoms with van der Waals surface area (Å²) in [4.78, 5) is 31.2. The highest BCUT2D eigenvalue weighted by atomic mass is 35.5. The topological polar surface area (TPSA) is 151 Å². The molecular weight excluding hydrogens is 651 g/mol. The van der Waals surface area contributed by atoms with Crippen molar-refractivity contribution >= 4 is 67.0 Å². The van der Waals surface area contributed by atoms with E-state index in [4.69, 9.17) is 11.6 Å². The number of Topliss-reactive ketones (excluding diaryl/α,β-unsaturated/α-hetero) is 2. The van der Waals surface area contributed by atoms with Crippen LogP contribution in [0.1, 0.15) is 34.6 Å². The third-order valence-corrected chi connectivity index (χ3v) is 7.13. The number of hydrogen-bond donors (Lipinski definition) is 2. The third-order valence-electron chi connectivity index (χ3n) is 5.67. The molecule has 2 heterocycles. The van der Waals surface area contributed by atoms with Gasteiger partial charge in [-0.2, -0.15) is 0 Å². The molecule has 0 spiro atoms. The van der Waals surface area contributed by atoms with Gasteiger partial charge in [0, 0.05) is 60.4 Å².